The Morgan fingerprint density at radius 1 is 1.24 bits per heavy atom. The molecule has 3 N–H and O–H groups in total. The first kappa shape index (κ1) is 16.6. The molecular formula is C20H26N4S. The van der Waals surface area contributed by atoms with E-state index in [1.807, 2.05) is 11.3 Å². The van der Waals surface area contributed by atoms with E-state index < -0.39 is 0 Å². The summed E-state index contributed by atoms with van der Waals surface area (Å²) in [4.78, 5) is 10.7. The van der Waals surface area contributed by atoms with Gasteiger partial charge in [-0.15, -0.1) is 11.3 Å². The highest BCUT2D eigenvalue weighted by Crippen LogP contribution is 2.35. The molecule has 1 heterocycles. The van der Waals surface area contributed by atoms with Gasteiger partial charge in [-0.25, -0.2) is 9.98 Å². The van der Waals surface area contributed by atoms with Crippen molar-refractivity contribution < 1.29 is 0 Å². The van der Waals surface area contributed by atoms with Crippen LogP contribution in [0.25, 0.3) is 0 Å². The molecule has 132 valence electrons. The smallest absolute Gasteiger partial charge is 0.189 e. The van der Waals surface area contributed by atoms with Crippen LogP contribution >= 0.6 is 11.3 Å². The van der Waals surface area contributed by atoms with Gasteiger partial charge in [-0.2, -0.15) is 0 Å². The number of fused-ring (bicyclic) bond motifs is 1. The van der Waals surface area contributed by atoms with Gasteiger partial charge in [-0.1, -0.05) is 36.8 Å². The summed E-state index contributed by atoms with van der Waals surface area (Å²) in [7, 11) is 0. The van der Waals surface area contributed by atoms with Gasteiger partial charge in [0, 0.05) is 11.4 Å². The fourth-order valence-electron chi connectivity index (χ4n) is 3.66. The van der Waals surface area contributed by atoms with E-state index in [0.29, 0.717) is 18.4 Å². The lowest BCUT2D eigenvalue weighted by atomic mass is 9.85. The van der Waals surface area contributed by atoms with Crippen LogP contribution in [0.4, 0.5) is 0 Å². The van der Waals surface area contributed by atoms with E-state index >= 15 is 0 Å². The lowest BCUT2D eigenvalue weighted by Gasteiger charge is -2.25. The van der Waals surface area contributed by atoms with Crippen LogP contribution in [-0.4, -0.2) is 17.5 Å². The normalized spacial score (nSPS) is 20.8. The van der Waals surface area contributed by atoms with Gasteiger partial charge in [-0.3, -0.25) is 0 Å². The lowest BCUT2D eigenvalue weighted by Crippen LogP contribution is -2.37. The number of hydrogen-bond acceptors (Lipinski definition) is 3. The molecule has 2 aliphatic rings. The number of nitrogens with one attached hydrogen (secondary N) is 1. The minimum Gasteiger partial charge on any atom is -0.370 e. The van der Waals surface area contributed by atoms with Crippen molar-refractivity contribution in [3.63, 3.8) is 0 Å². The molecule has 4 rings (SSSR count). The molecule has 25 heavy (non-hydrogen) atoms. The molecule has 0 bridgehead atoms. The van der Waals surface area contributed by atoms with Crippen molar-refractivity contribution in [1.29, 1.82) is 0 Å². The van der Waals surface area contributed by atoms with Gasteiger partial charge in [-0.05, 0) is 49.5 Å². The third-order valence-corrected chi connectivity index (χ3v) is 6.54. The number of nitrogens with two attached hydrogens (primary N) is 1. The van der Waals surface area contributed by atoms with Crippen LogP contribution in [0, 0.1) is 5.92 Å². The third kappa shape index (κ3) is 4.03. The summed E-state index contributed by atoms with van der Waals surface area (Å²) in [6.07, 6.45) is 7.37. The molecule has 2 aromatic rings. The average Bonchev–Trinajstić information content (AvgIpc) is 3.01. The van der Waals surface area contributed by atoms with Crippen molar-refractivity contribution in [3.05, 3.63) is 51.5 Å². The first-order chi connectivity index (χ1) is 12.3. The maximum Gasteiger partial charge on any atom is 0.189 e. The number of guanidine groups is 1. The maximum absolute atomic E-state index is 5.98. The van der Waals surface area contributed by atoms with Crippen molar-refractivity contribution in [2.45, 2.75) is 51.0 Å². The van der Waals surface area contributed by atoms with Crippen LogP contribution in [0.15, 0.2) is 35.3 Å². The molecule has 0 saturated heterocycles. The van der Waals surface area contributed by atoms with Gasteiger partial charge in [0.2, 0.25) is 0 Å². The molecule has 1 saturated carbocycles. The standard InChI is InChI=1S/C20H26N4S/c21-20(22-12-14-5-4-6-14)23-13-19-24-17-10-9-16(11-18(17)25-19)15-7-2-1-3-8-15/h1-3,7-8,14,16H,4-6,9-13H2,(H3,21,22,23). The molecular weight excluding hydrogens is 328 g/mol. The summed E-state index contributed by atoms with van der Waals surface area (Å²) >= 11 is 1.81. The van der Waals surface area contributed by atoms with E-state index in [0.717, 1.165) is 30.3 Å². The highest BCUT2D eigenvalue weighted by molar-refractivity contribution is 7.11. The van der Waals surface area contributed by atoms with E-state index in [-0.39, 0.29) is 0 Å². The number of hydrogen-bond donors (Lipinski definition) is 2. The fraction of sp³-hybridized carbons (Fsp3) is 0.500. The van der Waals surface area contributed by atoms with Crippen molar-refractivity contribution in [3.8, 4) is 0 Å². The Morgan fingerprint density at radius 2 is 2.08 bits per heavy atom. The van der Waals surface area contributed by atoms with E-state index in [1.165, 1.54) is 41.8 Å². The summed E-state index contributed by atoms with van der Waals surface area (Å²) in [5, 5.41) is 4.34. The minimum atomic E-state index is 0.558. The number of benzene rings is 1. The summed E-state index contributed by atoms with van der Waals surface area (Å²) in [5.41, 5.74) is 8.72. The zero-order chi connectivity index (χ0) is 17.1. The lowest BCUT2D eigenvalue weighted by molar-refractivity contribution is 0.315. The van der Waals surface area contributed by atoms with Crippen LogP contribution in [-0.2, 0) is 19.4 Å². The van der Waals surface area contributed by atoms with Crippen molar-refractivity contribution >= 4 is 17.3 Å². The molecule has 0 amide bonds. The number of rotatable bonds is 5. The molecule has 0 radical (unpaired) electrons. The molecule has 0 aliphatic heterocycles. The van der Waals surface area contributed by atoms with Gasteiger partial charge >= 0.3 is 0 Å². The quantitative estimate of drug-likeness (QED) is 0.637. The van der Waals surface area contributed by atoms with Gasteiger partial charge in [0.05, 0.1) is 12.2 Å². The molecule has 1 unspecified atom stereocenters. The van der Waals surface area contributed by atoms with Gasteiger partial charge in [0.1, 0.15) is 5.01 Å². The predicted octanol–water partition coefficient (Wildman–Crippen LogP) is 3.62. The van der Waals surface area contributed by atoms with Gasteiger partial charge in [0.25, 0.3) is 0 Å². The highest BCUT2D eigenvalue weighted by atomic mass is 32.1. The van der Waals surface area contributed by atoms with Gasteiger partial charge < -0.3 is 11.1 Å². The SMILES string of the molecule is NC(=NCc1nc2c(s1)CC(c1ccccc1)CC2)NCC1CCC1. The second kappa shape index (κ2) is 7.56. The molecule has 0 spiro atoms. The third-order valence-electron chi connectivity index (χ3n) is 5.44. The number of nitrogens with zero attached hydrogens (tertiary/aromatic N) is 2. The summed E-state index contributed by atoms with van der Waals surface area (Å²) in [6.45, 7) is 1.56. The Kier molecular flexibility index (Phi) is 5.02. The second-order valence-corrected chi connectivity index (χ2v) is 8.38. The number of aryl methyl sites for hydroxylation is 1. The van der Waals surface area contributed by atoms with Crippen molar-refractivity contribution in [1.82, 2.24) is 10.3 Å². The Balaban J connectivity index is 1.35. The molecule has 1 atom stereocenters. The number of thiazole rings is 1. The van der Waals surface area contributed by atoms with E-state index in [2.05, 4.69) is 40.6 Å². The Labute approximate surface area is 153 Å². The van der Waals surface area contributed by atoms with Gasteiger partial charge in [0.15, 0.2) is 5.96 Å². The zero-order valence-corrected chi connectivity index (χ0v) is 15.4. The van der Waals surface area contributed by atoms with Crippen LogP contribution < -0.4 is 11.1 Å². The molecule has 1 fully saturated rings. The molecule has 2 aliphatic carbocycles. The minimum absolute atomic E-state index is 0.558. The number of aliphatic imine (C=N–C) groups is 1. The second-order valence-electron chi connectivity index (χ2n) is 7.21. The van der Waals surface area contributed by atoms with Crippen LogP contribution in [0.1, 0.15) is 52.7 Å². The van der Waals surface area contributed by atoms with Crippen LogP contribution in [0.2, 0.25) is 0 Å². The van der Waals surface area contributed by atoms with E-state index in [1.54, 1.807) is 0 Å². The van der Waals surface area contributed by atoms with E-state index in [9.17, 15) is 0 Å². The zero-order valence-electron chi connectivity index (χ0n) is 14.6. The first-order valence-electron chi connectivity index (χ1n) is 9.34. The molecule has 1 aromatic carbocycles. The summed E-state index contributed by atoms with van der Waals surface area (Å²) in [5.74, 6) is 1.97. The largest absolute Gasteiger partial charge is 0.370 e. The Morgan fingerprint density at radius 3 is 2.84 bits per heavy atom. The van der Waals surface area contributed by atoms with Crippen LogP contribution in [0.5, 0.6) is 0 Å². The topological polar surface area (TPSA) is 63.3 Å². The predicted molar refractivity (Wildman–Crippen MR) is 104 cm³/mol. The summed E-state index contributed by atoms with van der Waals surface area (Å²) in [6, 6.07) is 10.9. The molecule has 5 heteroatoms. The highest BCUT2D eigenvalue weighted by Gasteiger charge is 2.23. The Bertz CT molecular complexity index is 733. The molecule has 1 aromatic heterocycles. The number of aromatic nitrogens is 1. The Hall–Kier alpha value is -1.88. The maximum atomic E-state index is 5.98. The van der Waals surface area contributed by atoms with Crippen LogP contribution in [0.3, 0.4) is 0 Å². The van der Waals surface area contributed by atoms with Crippen molar-refractivity contribution in [2.75, 3.05) is 6.54 Å². The summed E-state index contributed by atoms with van der Waals surface area (Å²) < 4.78 is 0. The first-order valence-corrected chi connectivity index (χ1v) is 10.2. The molecule has 4 nitrogen and oxygen atoms in total. The van der Waals surface area contributed by atoms with Crippen molar-refractivity contribution in [2.24, 2.45) is 16.6 Å². The van der Waals surface area contributed by atoms with E-state index in [4.69, 9.17) is 10.7 Å². The average molecular weight is 355 g/mol. The monoisotopic (exact) mass is 354 g/mol. The fourth-order valence-corrected chi connectivity index (χ4v) is 4.78.